The van der Waals surface area contributed by atoms with E-state index in [4.69, 9.17) is 18.9 Å². The van der Waals surface area contributed by atoms with Crippen molar-refractivity contribution in [3.05, 3.63) is 54.2 Å². The van der Waals surface area contributed by atoms with Gasteiger partial charge in [0.25, 0.3) is 0 Å². The van der Waals surface area contributed by atoms with E-state index in [1.165, 1.54) is 0 Å². The highest BCUT2D eigenvalue weighted by Gasteiger charge is 2.47. The average molecular weight is 356 g/mol. The van der Waals surface area contributed by atoms with Crippen LogP contribution in [0.15, 0.2) is 48.6 Å². The van der Waals surface area contributed by atoms with Gasteiger partial charge >= 0.3 is 5.97 Å². The Morgan fingerprint density at radius 2 is 1.73 bits per heavy atom. The first-order chi connectivity index (χ1) is 12.6. The maximum absolute atomic E-state index is 12.5. The Bertz CT molecular complexity index is 752. The van der Waals surface area contributed by atoms with Gasteiger partial charge in [0.1, 0.15) is 0 Å². The summed E-state index contributed by atoms with van der Waals surface area (Å²) in [4.78, 5) is 12.5. The predicted molar refractivity (Wildman–Crippen MR) is 98.8 cm³/mol. The van der Waals surface area contributed by atoms with E-state index < -0.39 is 0 Å². The van der Waals surface area contributed by atoms with Crippen molar-refractivity contribution in [2.45, 2.75) is 12.3 Å². The number of benzene rings is 1. The van der Waals surface area contributed by atoms with Gasteiger partial charge in [-0.1, -0.05) is 25.3 Å². The number of rotatable bonds is 6. The fraction of sp³-hybridized carbons (Fsp3) is 0.381. The number of methoxy groups -OCH3 is 3. The molecule has 0 amide bonds. The van der Waals surface area contributed by atoms with Gasteiger partial charge in [0.15, 0.2) is 11.5 Å². The number of hydrogen-bond donors (Lipinski definition) is 0. The van der Waals surface area contributed by atoms with Crippen molar-refractivity contribution in [1.29, 1.82) is 0 Å². The monoisotopic (exact) mass is 356 g/mol. The van der Waals surface area contributed by atoms with Gasteiger partial charge in [-0.05, 0) is 35.3 Å². The Labute approximate surface area is 153 Å². The molecule has 3 atom stereocenters. The zero-order chi connectivity index (χ0) is 18.8. The van der Waals surface area contributed by atoms with Crippen LogP contribution < -0.4 is 14.2 Å². The molecule has 1 aromatic rings. The second-order valence-electron chi connectivity index (χ2n) is 6.45. The molecule has 0 saturated carbocycles. The third kappa shape index (κ3) is 2.77. The summed E-state index contributed by atoms with van der Waals surface area (Å²) in [6.07, 6.45) is 4.43. The van der Waals surface area contributed by atoms with Crippen LogP contribution in [0.25, 0.3) is 0 Å². The van der Waals surface area contributed by atoms with Gasteiger partial charge in [0.2, 0.25) is 5.75 Å². The van der Waals surface area contributed by atoms with Crippen molar-refractivity contribution >= 4 is 5.97 Å². The first-order valence-electron chi connectivity index (χ1n) is 8.54. The molecule has 2 aliphatic rings. The molecule has 1 fully saturated rings. The van der Waals surface area contributed by atoms with Gasteiger partial charge in [0.05, 0.1) is 33.9 Å². The summed E-state index contributed by atoms with van der Waals surface area (Å²) in [6, 6.07) is 3.79. The fourth-order valence-electron chi connectivity index (χ4n) is 4.10. The molecule has 0 bridgehead atoms. The number of carbonyl (C=O) groups is 1. The largest absolute Gasteiger partial charge is 0.493 e. The summed E-state index contributed by atoms with van der Waals surface area (Å²) >= 11 is 0. The lowest BCUT2D eigenvalue weighted by Gasteiger charge is -2.34. The number of esters is 1. The summed E-state index contributed by atoms with van der Waals surface area (Å²) in [6.45, 7) is 8.35. The smallest absolute Gasteiger partial charge is 0.310 e. The third-order valence-electron chi connectivity index (χ3n) is 5.28. The number of hydrogen-bond acceptors (Lipinski definition) is 5. The second-order valence-corrected chi connectivity index (χ2v) is 6.45. The quantitative estimate of drug-likeness (QED) is 0.728. The maximum Gasteiger partial charge on any atom is 0.310 e. The van der Waals surface area contributed by atoms with Crippen LogP contribution in [-0.2, 0) is 9.53 Å². The molecule has 1 aromatic carbocycles. The molecule has 0 aromatic heterocycles. The molecular formula is C21H24O5. The number of fused-ring (bicyclic) bond motifs is 1. The van der Waals surface area contributed by atoms with Gasteiger partial charge < -0.3 is 18.9 Å². The van der Waals surface area contributed by atoms with E-state index in [1.807, 2.05) is 24.3 Å². The molecule has 5 heteroatoms. The lowest BCUT2D eigenvalue weighted by atomic mass is 9.67. The van der Waals surface area contributed by atoms with Gasteiger partial charge in [0, 0.05) is 11.8 Å². The molecule has 5 nitrogen and oxygen atoms in total. The topological polar surface area (TPSA) is 54.0 Å². The highest BCUT2D eigenvalue weighted by molar-refractivity contribution is 5.78. The molecule has 1 heterocycles. The van der Waals surface area contributed by atoms with E-state index in [-0.39, 0.29) is 23.7 Å². The highest BCUT2D eigenvalue weighted by Crippen LogP contribution is 2.51. The van der Waals surface area contributed by atoms with Crippen LogP contribution in [0, 0.1) is 11.8 Å². The lowest BCUT2D eigenvalue weighted by Crippen LogP contribution is -2.30. The van der Waals surface area contributed by atoms with Crippen molar-refractivity contribution in [3.8, 4) is 17.2 Å². The molecule has 138 valence electrons. The Morgan fingerprint density at radius 3 is 2.23 bits per heavy atom. The molecule has 3 rings (SSSR count). The number of ether oxygens (including phenoxy) is 4. The average Bonchev–Trinajstić information content (AvgIpc) is 3.05. The van der Waals surface area contributed by atoms with Crippen LogP contribution >= 0.6 is 0 Å². The van der Waals surface area contributed by atoms with Crippen molar-refractivity contribution in [3.63, 3.8) is 0 Å². The molecule has 1 aliphatic carbocycles. The van der Waals surface area contributed by atoms with Crippen LogP contribution in [-0.4, -0.2) is 33.9 Å². The molecular weight excluding hydrogens is 332 g/mol. The van der Waals surface area contributed by atoms with Crippen LogP contribution in [0.1, 0.15) is 17.9 Å². The van der Waals surface area contributed by atoms with E-state index in [1.54, 1.807) is 21.3 Å². The summed E-state index contributed by atoms with van der Waals surface area (Å²) in [5.41, 5.74) is 3.00. The fourth-order valence-corrected chi connectivity index (χ4v) is 4.10. The van der Waals surface area contributed by atoms with Crippen LogP contribution in [0.3, 0.4) is 0 Å². The number of carbonyl (C=O) groups excluding carboxylic acids is 1. The van der Waals surface area contributed by atoms with E-state index in [2.05, 4.69) is 13.2 Å². The summed E-state index contributed by atoms with van der Waals surface area (Å²) in [5.74, 6) is 1.14. The molecule has 3 unspecified atom stereocenters. The Balaban J connectivity index is 2.22. The summed E-state index contributed by atoms with van der Waals surface area (Å²) in [7, 11) is 4.72. The minimum absolute atomic E-state index is 0.128. The minimum atomic E-state index is -0.255. The Kier molecular flexibility index (Phi) is 5.07. The Morgan fingerprint density at radius 1 is 1.08 bits per heavy atom. The van der Waals surface area contributed by atoms with Crippen molar-refractivity contribution in [1.82, 2.24) is 0 Å². The molecule has 0 spiro atoms. The summed E-state index contributed by atoms with van der Waals surface area (Å²) < 4.78 is 21.8. The highest BCUT2D eigenvalue weighted by atomic mass is 16.5. The third-order valence-corrected chi connectivity index (χ3v) is 5.28. The molecule has 1 aliphatic heterocycles. The van der Waals surface area contributed by atoms with Crippen molar-refractivity contribution in [2.75, 3.05) is 27.9 Å². The molecule has 0 radical (unpaired) electrons. The van der Waals surface area contributed by atoms with Gasteiger partial charge in [-0.15, -0.1) is 0 Å². The maximum atomic E-state index is 12.5. The van der Waals surface area contributed by atoms with Gasteiger partial charge in [-0.3, -0.25) is 4.79 Å². The normalized spacial score (nSPS) is 24.6. The zero-order valence-corrected chi connectivity index (χ0v) is 15.4. The summed E-state index contributed by atoms with van der Waals surface area (Å²) in [5, 5.41) is 0. The van der Waals surface area contributed by atoms with E-state index in [0.717, 1.165) is 23.1 Å². The van der Waals surface area contributed by atoms with E-state index in [9.17, 15) is 4.79 Å². The minimum Gasteiger partial charge on any atom is -0.493 e. The van der Waals surface area contributed by atoms with Crippen molar-refractivity contribution in [2.24, 2.45) is 11.8 Å². The van der Waals surface area contributed by atoms with E-state index >= 15 is 0 Å². The number of allylic oxidation sites excluding steroid dienone is 4. The van der Waals surface area contributed by atoms with Crippen molar-refractivity contribution < 1.29 is 23.7 Å². The van der Waals surface area contributed by atoms with Crippen LogP contribution in [0.4, 0.5) is 0 Å². The first kappa shape index (κ1) is 18.1. The van der Waals surface area contributed by atoms with Crippen LogP contribution in [0.5, 0.6) is 17.2 Å². The molecule has 0 N–H and O–H groups in total. The zero-order valence-electron chi connectivity index (χ0n) is 15.4. The molecule has 1 saturated heterocycles. The van der Waals surface area contributed by atoms with Gasteiger partial charge in [-0.25, -0.2) is 0 Å². The predicted octanol–water partition coefficient (Wildman–Crippen LogP) is 3.66. The molecule has 26 heavy (non-hydrogen) atoms. The number of cyclic esters (lactones) is 1. The standard InChI is InChI=1S/C21H24O5/c1-6-12-8-14-11-26-21(22)19(14)18(15(12)7-2)13-9-16(23-3)20(25-5)17(10-13)24-4/h6-7,9-10,14,18-19H,1-2,8,11H2,3-5H3. The van der Waals surface area contributed by atoms with Gasteiger partial charge in [-0.2, -0.15) is 0 Å². The second kappa shape index (κ2) is 7.28. The van der Waals surface area contributed by atoms with Crippen LogP contribution in [0.2, 0.25) is 0 Å². The SMILES string of the molecule is C=CC1=C(C=C)C(c2cc(OC)c(OC)c(OC)c2)C2C(=O)OCC2C1. The Hall–Kier alpha value is -2.69. The lowest BCUT2D eigenvalue weighted by molar-refractivity contribution is -0.141. The first-order valence-corrected chi connectivity index (χ1v) is 8.54. The van der Waals surface area contributed by atoms with E-state index in [0.29, 0.717) is 23.9 Å².